The van der Waals surface area contributed by atoms with E-state index in [1.54, 1.807) is 6.92 Å². The molecular weight excluding hydrogens is 192 g/mol. The molecule has 0 aromatic carbocycles. The third-order valence-electron chi connectivity index (χ3n) is 2.46. The Hall–Kier alpha value is -1.71. The van der Waals surface area contributed by atoms with E-state index in [1.807, 2.05) is 25.3 Å². The van der Waals surface area contributed by atoms with Crippen LogP contribution in [0.4, 0.5) is 0 Å². The SMILES string of the molecule is CCOC(=O)C1=CC2=C(C)C=CNC2N1. The first-order valence-corrected chi connectivity index (χ1v) is 5.01. The van der Waals surface area contributed by atoms with Gasteiger partial charge in [0.05, 0.1) is 6.61 Å². The molecule has 0 aromatic rings. The number of ether oxygens (including phenoxy) is 1. The number of carbonyl (C=O) groups excluding carboxylic acids is 1. The molecule has 0 aromatic heterocycles. The third kappa shape index (κ3) is 1.75. The van der Waals surface area contributed by atoms with E-state index in [4.69, 9.17) is 4.74 Å². The van der Waals surface area contributed by atoms with Crippen molar-refractivity contribution in [2.24, 2.45) is 0 Å². The van der Waals surface area contributed by atoms with Gasteiger partial charge in [-0.2, -0.15) is 0 Å². The number of fused-ring (bicyclic) bond motifs is 1. The first kappa shape index (κ1) is 9.83. The lowest BCUT2D eigenvalue weighted by atomic mass is 10.1. The van der Waals surface area contributed by atoms with Crippen LogP contribution in [-0.4, -0.2) is 18.7 Å². The third-order valence-corrected chi connectivity index (χ3v) is 2.46. The Morgan fingerprint density at radius 2 is 2.40 bits per heavy atom. The van der Waals surface area contributed by atoms with E-state index in [9.17, 15) is 4.79 Å². The van der Waals surface area contributed by atoms with Crippen LogP contribution < -0.4 is 10.6 Å². The smallest absolute Gasteiger partial charge is 0.354 e. The van der Waals surface area contributed by atoms with Crippen molar-refractivity contribution < 1.29 is 9.53 Å². The normalized spacial score (nSPS) is 22.8. The highest BCUT2D eigenvalue weighted by Crippen LogP contribution is 2.22. The van der Waals surface area contributed by atoms with E-state index >= 15 is 0 Å². The van der Waals surface area contributed by atoms with Gasteiger partial charge >= 0.3 is 5.97 Å². The number of allylic oxidation sites excluding steroid dienone is 2. The summed E-state index contributed by atoms with van der Waals surface area (Å²) in [6, 6.07) is 0. The molecule has 0 radical (unpaired) electrons. The van der Waals surface area contributed by atoms with E-state index in [2.05, 4.69) is 10.6 Å². The predicted octanol–water partition coefficient (Wildman–Crippen LogP) is 0.796. The van der Waals surface area contributed by atoms with Crippen LogP contribution in [0.5, 0.6) is 0 Å². The minimum Gasteiger partial charge on any atom is -0.461 e. The van der Waals surface area contributed by atoms with Crippen LogP contribution in [0, 0.1) is 0 Å². The van der Waals surface area contributed by atoms with Crippen LogP contribution in [0.1, 0.15) is 13.8 Å². The molecule has 2 N–H and O–H groups in total. The second-order valence-corrected chi connectivity index (χ2v) is 3.49. The number of rotatable bonds is 2. The zero-order valence-corrected chi connectivity index (χ0v) is 8.83. The van der Waals surface area contributed by atoms with Gasteiger partial charge in [0.2, 0.25) is 0 Å². The Labute approximate surface area is 88.7 Å². The average molecular weight is 206 g/mol. The second kappa shape index (κ2) is 3.81. The molecule has 0 bridgehead atoms. The molecule has 0 amide bonds. The number of dihydropyridines is 1. The average Bonchev–Trinajstić information content (AvgIpc) is 2.63. The van der Waals surface area contributed by atoms with Crippen molar-refractivity contribution in [3.63, 3.8) is 0 Å². The number of nitrogens with one attached hydrogen (secondary N) is 2. The molecular formula is C11H14N2O2. The Morgan fingerprint density at radius 3 is 3.07 bits per heavy atom. The Kier molecular flexibility index (Phi) is 2.49. The molecule has 2 rings (SSSR count). The van der Waals surface area contributed by atoms with Gasteiger partial charge in [-0.15, -0.1) is 0 Å². The predicted molar refractivity (Wildman–Crippen MR) is 56.6 cm³/mol. The van der Waals surface area contributed by atoms with Gasteiger partial charge in [-0.05, 0) is 43.3 Å². The highest BCUT2D eigenvalue weighted by molar-refractivity contribution is 5.89. The monoisotopic (exact) mass is 206 g/mol. The summed E-state index contributed by atoms with van der Waals surface area (Å²) in [5.41, 5.74) is 2.78. The molecule has 1 unspecified atom stereocenters. The van der Waals surface area contributed by atoms with Crippen molar-refractivity contribution in [1.29, 1.82) is 0 Å². The summed E-state index contributed by atoms with van der Waals surface area (Å²) in [4.78, 5) is 11.5. The van der Waals surface area contributed by atoms with E-state index < -0.39 is 0 Å². The van der Waals surface area contributed by atoms with Crippen molar-refractivity contribution in [3.8, 4) is 0 Å². The minimum absolute atomic E-state index is 0.00871. The number of hydrogen-bond acceptors (Lipinski definition) is 4. The second-order valence-electron chi connectivity index (χ2n) is 3.49. The molecule has 2 aliphatic rings. The molecule has 4 heteroatoms. The maximum Gasteiger partial charge on any atom is 0.354 e. The summed E-state index contributed by atoms with van der Waals surface area (Å²) < 4.78 is 4.93. The Balaban J connectivity index is 2.20. The minimum atomic E-state index is -0.297. The topological polar surface area (TPSA) is 50.4 Å². The summed E-state index contributed by atoms with van der Waals surface area (Å²) in [5, 5.41) is 6.20. The molecule has 0 fully saturated rings. The van der Waals surface area contributed by atoms with Crippen molar-refractivity contribution in [2.75, 3.05) is 6.61 Å². The van der Waals surface area contributed by atoms with Crippen LogP contribution >= 0.6 is 0 Å². The lowest BCUT2D eigenvalue weighted by molar-refractivity contribution is -0.138. The van der Waals surface area contributed by atoms with Gasteiger partial charge in [-0.3, -0.25) is 0 Å². The highest BCUT2D eigenvalue weighted by atomic mass is 16.5. The van der Waals surface area contributed by atoms with Crippen LogP contribution in [0.3, 0.4) is 0 Å². The summed E-state index contributed by atoms with van der Waals surface area (Å²) in [6.07, 6.45) is 5.71. The largest absolute Gasteiger partial charge is 0.461 e. The summed E-state index contributed by atoms with van der Waals surface area (Å²) in [6.45, 7) is 4.21. The Morgan fingerprint density at radius 1 is 1.60 bits per heavy atom. The van der Waals surface area contributed by atoms with Crippen LogP contribution in [-0.2, 0) is 9.53 Å². The van der Waals surface area contributed by atoms with E-state index in [0.717, 1.165) is 11.1 Å². The van der Waals surface area contributed by atoms with Crippen molar-refractivity contribution in [3.05, 3.63) is 35.2 Å². The molecule has 4 nitrogen and oxygen atoms in total. The molecule has 80 valence electrons. The van der Waals surface area contributed by atoms with Crippen LogP contribution in [0.25, 0.3) is 0 Å². The van der Waals surface area contributed by atoms with Gasteiger partial charge in [0, 0.05) is 0 Å². The molecule has 2 aliphatic heterocycles. The highest BCUT2D eigenvalue weighted by Gasteiger charge is 2.27. The zero-order chi connectivity index (χ0) is 10.8. The van der Waals surface area contributed by atoms with E-state index in [0.29, 0.717) is 12.3 Å². The molecule has 0 saturated heterocycles. The standard InChI is InChI=1S/C11H14N2O2/c1-3-15-11(14)9-6-8-7(2)4-5-12-10(8)13-9/h4-6,10,12-13H,3H2,1-2H3. The van der Waals surface area contributed by atoms with Gasteiger partial charge in [0.1, 0.15) is 11.9 Å². The number of carbonyl (C=O) groups is 1. The van der Waals surface area contributed by atoms with E-state index in [1.165, 1.54) is 0 Å². The fourth-order valence-electron chi connectivity index (χ4n) is 1.68. The first-order valence-electron chi connectivity index (χ1n) is 5.01. The van der Waals surface area contributed by atoms with Crippen molar-refractivity contribution in [2.45, 2.75) is 20.0 Å². The van der Waals surface area contributed by atoms with Crippen molar-refractivity contribution in [1.82, 2.24) is 10.6 Å². The molecule has 15 heavy (non-hydrogen) atoms. The summed E-state index contributed by atoms with van der Waals surface area (Å²) in [7, 11) is 0. The van der Waals surface area contributed by atoms with Crippen LogP contribution in [0.2, 0.25) is 0 Å². The first-order chi connectivity index (χ1) is 7.22. The maximum absolute atomic E-state index is 11.5. The van der Waals surface area contributed by atoms with Crippen LogP contribution in [0.15, 0.2) is 35.2 Å². The summed E-state index contributed by atoms with van der Waals surface area (Å²) in [5.74, 6) is -0.297. The molecule has 0 saturated carbocycles. The van der Waals surface area contributed by atoms with Gasteiger partial charge in [0.25, 0.3) is 0 Å². The maximum atomic E-state index is 11.5. The van der Waals surface area contributed by atoms with Gasteiger partial charge in [-0.25, -0.2) is 4.79 Å². The molecule has 0 spiro atoms. The fourth-order valence-corrected chi connectivity index (χ4v) is 1.68. The number of esters is 1. The lowest BCUT2D eigenvalue weighted by Crippen LogP contribution is -2.39. The Bertz CT molecular complexity index is 380. The molecule has 2 heterocycles. The summed E-state index contributed by atoms with van der Waals surface area (Å²) >= 11 is 0. The van der Waals surface area contributed by atoms with Crippen molar-refractivity contribution >= 4 is 5.97 Å². The zero-order valence-electron chi connectivity index (χ0n) is 8.83. The van der Waals surface area contributed by atoms with Gasteiger partial charge in [-0.1, -0.05) is 0 Å². The molecule has 1 atom stereocenters. The van der Waals surface area contributed by atoms with E-state index in [-0.39, 0.29) is 12.1 Å². The molecule has 0 aliphatic carbocycles. The quantitative estimate of drug-likeness (QED) is 0.656. The van der Waals surface area contributed by atoms with Gasteiger partial charge < -0.3 is 15.4 Å². The number of hydrogen-bond donors (Lipinski definition) is 2. The van der Waals surface area contributed by atoms with Gasteiger partial charge in [0.15, 0.2) is 0 Å². The lowest BCUT2D eigenvalue weighted by Gasteiger charge is -2.19. The fraction of sp³-hybridized carbons (Fsp3) is 0.364.